The second kappa shape index (κ2) is 7.32. The van der Waals surface area contributed by atoms with Gasteiger partial charge in [-0.2, -0.15) is 0 Å². The van der Waals surface area contributed by atoms with Gasteiger partial charge in [0.15, 0.2) is 0 Å². The maximum absolute atomic E-state index is 2.52. The van der Waals surface area contributed by atoms with Crippen LogP contribution in [0.5, 0.6) is 0 Å². The van der Waals surface area contributed by atoms with Crippen molar-refractivity contribution in [1.82, 2.24) is 0 Å². The summed E-state index contributed by atoms with van der Waals surface area (Å²) in [6.45, 7) is 26.6. The Labute approximate surface area is 130 Å². The molecule has 0 heteroatoms. The van der Waals surface area contributed by atoms with Crippen LogP contribution < -0.4 is 0 Å². The molecule has 0 aliphatic heterocycles. The smallest absolute Gasteiger partial charge is 0.0334 e. The highest BCUT2D eigenvalue weighted by Gasteiger charge is 2.38. The first-order valence-electron chi connectivity index (χ1n) is 8.76. The summed E-state index contributed by atoms with van der Waals surface area (Å²) in [5.41, 5.74) is 0.814. The van der Waals surface area contributed by atoms with Crippen molar-refractivity contribution in [3.8, 4) is 0 Å². The molecule has 0 bridgehead atoms. The molecule has 2 atom stereocenters. The molecule has 0 N–H and O–H groups in total. The van der Waals surface area contributed by atoms with Crippen molar-refractivity contribution < 1.29 is 0 Å². The van der Waals surface area contributed by atoms with E-state index in [9.17, 15) is 0 Å². The normalized spacial score (nSPS) is 18.4. The zero-order valence-electron chi connectivity index (χ0n) is 16.3. The minimum Gasteiger partial charge on any atom is -0.0628 e. The molecule has 0 aromatic carbocycles. The summed E-state index contributed by atoms with van der Waals surface area (Å²) in [5, 5.41) is 0. The van der Waals surface area contributed by atoms with E-state index in [0.717, 1.165) is 29.6 Å². The molecule has 122 valence electrons. The van der Waals surface area contributed by atoms with Crippen molar-refractivity contribution >= 4 is 0 Å². The lowest BCUT2D eigenvalue weighted by Crippen LogP contribution is -2.38. The first-order valence-corrected chi connectivity index (χ1v) is 8.76. The zero-order chi connectivity index (χ0) is 16.3. The fourth-order valence-electron chi connectivity index (χ4n) is 4.01. The van der Waals surface area contributed by atoms with Crippen LogP contribution in [0.15, 0.2) is 0 Å². The summed E-state index contributed by atoms with van der Waals surface area (Å²) in [4.78, 5) is 0. The SMILES string of the molecule is CC(C)CC(C(C)C(CC(C)C)C(C)(C)C)C(C)(C)C. The van der Waals surface area contributed by atoms with E-state index in [4.69, 9.17) is 0 Å². The molecule has 0 aliphatic rings. The third-order valence-electron chi connectivity index (χ3n) is 4.94. The van der Waals surface area contributed by atoms with Gasteiger partial charge in [-0.1, -0.05) is 76.2 Å². The quantitative estimate of drug-likeness (QED) is 0.490. The van der Waals surface area contributed by atoms with Gasteiger partial charge < -0.3 is 0 Å². The van der Waals surface area contributed by atoms with Gasteiger partial charge in [-0.25, -0.2) is 0 Å². The molecule has 0 rings (SSSR count). The lowest BCUT2D eigenvalue weighted by Gasteiger charge is -2.45. The molecule has 0 fully saturated rings. The molecule has 0 radical (unpaired) electrons. The van der Waals surface area contributed by atoms with E-state index in [1.165, 1.54) is 12.8 Å². The van der Waals surface area contributed by atoms with Crippen LogP contribution in [0.25, 0.3) is 0 Å². The van der Waals surface area contributed by atoms with E-state index in [2.05, 4.69) is 76.2 Å². The standard InChI is InChI=1S/C20H42/c1-14(2)12-17(19(6,7)8)16(5)18(13-15(3)4)20(9,10)11/h14-18H,12-13H2,1-11H3. The largest absolute Gasteiger partial charge is 0.0628 e. The fraction of sp³-hybridized carbons (Fsp3) is 1.00. The highest BCUT2D eigenvalue weighted by molar-refractivity contribution is 4.88. The van der Waals surface area contributed by atoms with Crippen molar-refractivity contribution in [3.05, 3.63) is 0 Å². The third-order valence-corrected chi connectivity index (χ3v) is 4.94. The lowest BCUT2D eigenvalue weighted by atomic mass is 9.60. The van der Waals surface area contributed by atoms with Crippen molar-refractivity contribution in [3.63, 3.8) is 0 Å². The molecule has 0 aliphatic carbocycles. The van der Waals surface area contributed by atoms with E-state index in [0.29, 0.717) is 10.8 Å². The Morgan fingerprint density at radius 2 is 0.800 bits per heavy atom. The maximum Gasteiger partial charge on any atom is -0.0334 e. The highest BCUT2D eigenvalue weighted by atomic mass is 14.4. The first kappa shape index (κ1) is 20.0. The van der Waals surface area contributed by atoms with Crippen molar-refractivity contribution in [2.24, 2.45) is 40.4 Å². The second-order valence-corrected chi connectivity index (χ2v) is 10.1. The van der Waals surface area contributed by atoms with Gasteiger partial charge >= 0.3 is 0 Å². The van der Waals surface area contributed by atoms with Crippen LogP contribution in [0.3, 0.4) is 0 Å². The maximum atomic E-state index is 2.52. The van der Waals surface area contributed by atoms with E-state index < -0.39 is 0 Å². The lowest BCUT2D eigenvalue weighted by molar-refractivity contribution is 0.0380. The zero-order valence-corrected chi connectivity index (χ0v) is 16.3. The Bertz CT molecular complexity index is 231. The van der Waals surface area contributed by atoms with Gasteiger partial charge in [0.25, 0.3) is 0 Å². The van der Waals surface area contributed by atoms with Crippen molar-refractivity contribution in [1.29, 1.82) is 0 Å². The molecule has 0 aromatic heterocycles. The summed E-state index contributed by atoms with van der Waals surface area (Å²) >= 11 is 0. The minimum atomic E-state index is 0.407. The van der Waals surface area contributed by atoms with Crippen LogP contribution in [-0.4, -0.2) is 0 Å². The Balaban J connectivity index is 5.30. The molecule has 2 unspecified atom stereocenters. The van der Waals surface area contributed by atoms with Crippen LogP contribution in [0.2, 0.25) is 0 Å². The molecule has 0 amide bonds. The molecule has 0 saturated carbocycles. The molecule has 0 heterocycles. The molecular weight excluding hydrogens is 240 g/mol. The Morgan fingerprint density at radius 1 is 0.550 bits per heavy atom. The molecule has 20 heavy (non-hydrogen) atoms. The molecule has 0 nitrogen and oxygen atoms in total. The van der Waals surface area contributed by atoms with E-state index in [-0.39, 0.29) is 0 Å². The highest BCUT2D eigenvalue weighted by Crippen LogP contribution is 2.46. The van der Waals surface area contributed by atoms with Crippen molar-refractivity contribution in [2.45, 2.75) is 89.0 Å². The van der Waals surface area contributed by atoms with Gasteiger partial charge in [0.05, 0.1) is 0 Å². The van der Waals surface area contributed by atoms with Gasteiger partial charge in [0, 0.05) is 0 Å². The fourth-order valence-corrected chi connectivity index (χ4v) is 4.01. The predicted octanol–water partition coefficient (Wildman–Crippen LogP) is 7.04. The number of hydrogen-bond donors (Lipinski definition) is 0. The van der Waals surface area contributed by atoms with Crippen LogP contribution in [0.1, 0.15) is 89.0 Å². The average molecular weight is 283 g/mol. The topological polar surface area (TPSA) is 0 Å². The van der Waals surface area contributed by atoms with Gasteiger partial charge in [-0.3, -0.25) is 0 Å². The summed E-state index contributed by atoms with van der Waals surface area (Å²) in [6.07, 6.45) is 2.71. The molecule has 0 spiro atoms. The van der Waals surface area contributed by atoms with Crippen LogP contribution in [0, 0.1) is 40.4 Å². The Kier molecular flexibility index (Phi) is 7.32. The van der Waals surface area contributed by atoms with E-state index >= 15 is 0 Å². The van der Waals surface area contributed by atoms with Gasteiger partial charge in [-0.05, 0) is 53.3 Å². The van der Waals surface area contributed by atoms with Gasteiger partial charge in [0.1, 0.15) is 0 Å². The molecule has 0 aromatic rings. The van der Waals surface area contributed by atoms with E-state index in [1.807, 2.05) is 0 Å². The van der Waals surface area contributed by atoms with Crippen LogP contribution in [0.4, 0.5) is 0 Å². The summed E-state index contributed by atoms with van der Waals surface area (Å²) < 4.78 is 0. The summed E-state index contributed by atoms with van der Waals surface area (Å²) in [7, 11) is 0. The number of rotatable bonds is 6. The third kappa shape index (κ3) is 6.64. The van der Waals surface area contributed by atoms with Crippen LogP contribution >= 0.6 is 0 Å². The summed E-state index contributed by atoms with van der Waals surface area (Å²) in [5.74, 6) is 4.00. The molecule has 0 saturated heterocycles. The average Bonchev–Trinajstić information content (AvgIpc) is 2.18. The van der Waals surface area contributed by atoms with Crippen LogP contribution in [-0.2, 0) is 0 Å². The second-order valence-electron chi connectivity index (χ2n) is 10.1. The van der Waals surface area contributed by atoms with E-state index in [1.54, 1.807) is 0 Å². The Morgan fingerprint density at radius 3 is 0.950 bits per heavy atom. The van der Waals surface area contributed by atoms with Crippen molar-refractivity contribution in [2.75, 3.05) is 0 Å². The Hall–Kier alpha value is 0. The summed E-state index contributed by atoms with van der Waals surface area (Å²) in [6, 6.07) is 0. The van der Waals surface area contributed by atoms with Gasteiger partial charge in [0.2, 0.25) is 0 Å². The minimum absolute atomic E-state index is 0.407. The predicted molar refractivity (Wildman–Crippen MR) is 94.0 cm³/mol. The van der Waals surface area contributed by atoms with Gasteiger partial charge in [-0.15, -0.1) is 0 Å². The monoisotopic (exact) mass is 282 g/mol. The molecular formula is C20H42. The number of hydrogen-bond acceptors (Lipinski definition) is 0. The first-order chi connectivity index (χ1) is 8.76.